The predicted molar refractivity (Wildman–Crippen MR) is 103 cm³/mol. The molecule has 0 aromatic heterocycles. The molecule has 0 unspecified atom stereocenters. The Balaban J connectivity index is 1.42. The lowest BCUT2D eigenvalue weighted by Gasteiger charge is -2.24. The first-order valence-electron chi connectivity index (χ1n) is 9.25. The second-order valence-corrected chi connectivity index (χ2v) is 10.7. The molecule has 8 nitrogen and oxygen atoms in total. The van der Waals surface area contributed by atoms with E-state index < -0.39 is 15.9 Å². The normalized spacial score (nSPS) is 31.5. The molecule has 1 amide bonds. The molecule has 4 aliphatic heterocycles. The Kier molecular flexibility index (Phi) is 4.52. The Labute approximate surface area is 167 Å². The number of amidine groups is 1. The third-order valence-corrected chi connectivity index (χ3v) is 8.62. The highest BCUT2D eigenvalue weighted by Gasteiger charge is 2.49. The van der Waals surface area contributed by atoms with E-state index in [1.54, 1.807) is 0 Å². The van der Waals surface area contributed by atoms with Crippen molar-refractivity contribution in [2.45, 2.75) is 36.8 Å². The van der Waals surface area contributed by atoms with Gasteiger partial charge in [-0.15, -0.1) is 0 Å². The number of aliphatic imine (C=N–C) groups is 1. The van der Waals surface area contributed by atoms with E-state index in [0.717, 1.165) is 12.0 Å². The van der Waals surface area contributed by atoms with Crippen LogP contribution in [0.25, 0.3) is 0 Å². The fourth-order valence-corrected chi connectivity index (χ4v) is 7.95. The van der Waals surface area contributed by atoms with Crippen LogP contribution in [0, 0.1) is 0 Å². The zero-order valence-corrected chi connectivity index (χ0v) is 16.7. The number of hydrogen-bond acceptors (Lipinski definition) is 7. The van der Waals surface area contributed by atoms with Gasteiger partial charge in [-0.3, -0.25) is 4.79 Å². The van der Waals surface area contributed by atoms with E-state index in [-0.39, 0.29) is 35.5 Å². The van der Waals surface area contributed by atoms with Gasteiger partial charge in [0.1, 0.15) is 6.10 Å². The highest BCUT2D eigenvalue weighted by molar-refractivity contribution is 8.15. The Morgan fingerprint density at radius 2 is 2.11 bits per heavy atom. The van der Waals surface area contributed by atoms with Crippen LogP contribution in [0.15, 0.2) is 23.2 Å². The van der Waals surface area contributed by atoms with Gasteiger partial charge in [-0.05, 0) is 30.5 Å². The molecule has 0 aliphatic carbocycles. The topological polar surface area (TPSA) is 94.5 Å². The van der Waals surface area contributed by atoms with Gasteiger partial charge in [0.05, 0.1) is 17.5 Å². The second kappa shape index (κ2) is 6.93. The molecule has 10 heteroatoms. The number of thioether (sulfide) groups is 1. The largest absolute Gasteiger partial charge is 0.454 e. The fraction of sp³-hybridized carbons (Fsp3) is 0.556. The summed E-state index contributed by atoms with van der Waals surface area (Å²) in [6.07, 6.45) is 1.06. The standard InChI is InChI=1S/C18H20N2O6S2/c21-17(14-2-1-5-24-14)19-18-20(12-8-28(22,23)9-16(12)27-18)7-11-3-4-13-15(6-11)26-10-25-13/h3-4,6,12,14,16H,1-2,5,7-10H2/t12-,14+,16+/m0/s1. The van der Waals surface area contributed by atoms with Gasteiger partial charge in [0.2, 0.25) is 6.79 Å². The van der Waals surface area contributed by atoms with Crippen LogP contribution in [0.1, 0.15) is 18.4 Å². The van der Waals surface area contributed by atoms with Crippen molar-refractivity contribution in [3.63, 3.8) is 0 Å². The van der Waals surface area contributed by atoms with Crippen molar-refractivity contribution in [3.05, 3.63) is 23.8 Å². The van der Waals surface area contributed by atoms with Gasteiger partial charge in [-0.1, -0.05) is 17.8 Å². The van der Waals surface area contributed by atoms with E-state index in [2.05, 4.69) is 4.99 Å². The molecule has 4 aliphatic rings. The van der Waals surface area contributed by atoms with Gasteiger partial charge in [0.25, 0.3) is 5.91 Å². The maximum atomic E-state index is 12.5. The predicted octanol–water partition coefficient (Wildman–Crippen LogP) is 1.19. The van der Waals surface area contributed by atoms with Crippen molar-refractivity contribution in [2.24, 2.45) is 4.99 Å². The molecular weight excluding hydrogens is 404 g/mol. The van der Waals surface area contributed by atoms with Crippen LogP contribution < -0.4 is 9.47 Å². The van der Waals surface area contributed by atoms with Crippen molar-refractivity contribution in [3.8, 4) is 11.5 Å². The molecule has 4 heterocycles. The lowest BCUT2D eigenvalue weighted by atomic mass is 10.1. The van der Waals surface area contributed by atoms with Crippen LogP contribution in [0.4, 0.5) is 0 Å². The Morgan fingerprint density at radius 3 is 2.93 bits per heavy atom. The minimum atomic E-state index is -3.08. The van der Waals surface area contributed by atoms with Gasteiger partial charge < -0.3 is 19.1 Å². The number of benzene rings is 1. The Bertz CT molecular complexity index is 941. The number of carbonyl (C=O) groups excluding carboxylic acids is 1. The summed E-state index contributed by atoms with van der Waals surface area (Å²) in [7, 11) is -3.08. The fourth-order valence-electron chi connectivity index (χ4n) is 4.00. The summed E-state index contributed by atoms with van der Waals surface area (Å²) in [5.74, 6) is 1.30. The second-order valence-electron chi connectivity index (χ2n) is 7.35. The molecule has 1 aromatic rings. The van der Waals surface area contributed by atoms with Crippen LogP contribution in [0.2, 0.25) is 0 Å². The summed E-state index contributed by atoms with van der Waals surface area (Å²) in [5, 5.41) is 0.484. The smallest absolute Gasteiger partial charge is 0.277 e. The highest BCUT2D eigenvalue weighted by atomic mass is 32.2. The maximum absolute atomic E-state index is 12.5. The molecule has 5 rings (SSSR count). The van der Waals surface area contributed by atoms with Crippen LogP contribution in [-0.4, -0.2) is 66.7 Å². The molecule has 0 bridgehead atoms. The number of ether oxygens (including phenoxy) is 3. The lowest BCUT2D eigenvalue weighted by Crippen LogP contribution is -2.37. The minimum Gasteiger partial charge on any atom is -0.454 e. The van der Waals surface area contributed by atoms with E-state index in [0.29, 0.717) is 36.2 Å². The Hall–Kier alpha value is -1.78. The summed E-state index contributed by atoms with van der Waals surface area (Å²) in [4.78, 5) is 18.8. The van der Waals surface area contributed by atoms with Crippen molar-refractivity contribution >= 4 is 32.7 Å². The third-order valence-electron chi connectivity index (χ3n) is 5.38. The summed E-state index contributed by atoms with van der Waals surface area (Å²) < 4.78 is 40.5. The maximum Gasteiger partial charge on any atom is 0.277 e. The first-order valence-corrected chi connectivity index (χ1v) is 11.9. The summed E-state index contributed by atoms with van der Waals surface area (Å²) in [6.45, 7) is 1.24. The molecule has 1 aromatic carbocycles. The summed E-state index contributed by atoms with van der Waals surface area (Å²) >= 11 is 1.39. The van der Waals surface area contributed by atoms with E-state index in [1.807, 2.05) is 23.1 Å². The number of nitrogens with zero attached hydrogens (tertiary/aromatic N) is 2. The van der Waals surface area contributed by atoms with Gasteiger partial charge in [0, 0.05) is 18.4 Å². The monoisotopic (exact) mass is 424 g/mol. The quantitative estimate of drug-likeness (QED) is 0.714. The third kappa shape index (κ3) is 3.37. The number of rotatable bonds is 3. The summed E-state index contributed by atoms with van der Waals surface area (Å²) in [5.41, 5.74) is 0.951. The molecule has 3 saturated heterocycles. The summed E-state index contributed by atoms with van der Waals surface area (Å²) in [6, 6.07) is 5.48. The number of fused-ring (bicyclic) bond motifs is 2. The van der Waals surface area contributed by atoms with E-state index in [9.17, 15) is 13.2 Å². The molecule has 0 spiro atoms. The highest BCUT2D eigenvalue weighted by Crippen LogP contribution is 2.40. The number of carbonyl (C=O) groups is 1. The lowest BCUT2D eigenvalue weighted by molar-refractivity contribution is -0.126. The van der Waals surface area contributed by atoms with Gasteiger partial charge in [-0.2, -0.15) is 4.99 Å². The van der Waals surface area contributed by atoms with E-state index >= 15 is 0 Å². The number of sulfone groups is 1. The average Bonchev–Trinajstić information content (AvgIpc) is 3.41. The average molecular weight is 425 g/mol. The molecular formula is C18H20N2O6S2. The van der Waals surface area contributed by atoms with Crippen molar-refractivity contribution < 1.29 is 27.4 Å². The van der Waals surface area contributed by atoms with E-state index in [1.165, 1.54) is 11.8 Å². The first-order chi connectivity index (χ1) is 13.5. The molecule has 3 fully saturated rings. The van der Waals surface area contributed by atoms with Crippen molar-refractivity contribution in [2.75, 3.05) is 24.9 Å². The molecule has 0 saturated carbocycles. The Morgan fingerprint density at radius 1 is 1.25 bits per heavy atom. The SMILES string of the molecule is O=C(N=C1S[C@@H]2CS(=O)(=O)C[C@@H]2N1Cc1ccc2c(c1)OCO2)[C@H]1CCCO1. The van der Waals surface area contributed by atoms with Crippen molar-refractivity contribution in [1.82, 2.24) is 4.90 Å². The van der Waals surface area contributed by atoms with Crippen LogP contribution >= 0.6 is 11.8 Å². The molecule has 28 heavy (non-hydrogen) atoms. The number of amides is 1. The van der Waals surface area contributed by atoms with E-state index in [4.69, 9.17) is 14.2 Å². The molecule has 150 valence electrons. The van der Waals surface area contributed by atoms with Gasteiger partial charge >= 0.3 is 0 Å². The zero-order valence-electron chi connectivity index (χ0n) is 15.1. The van der Waals surface area contributed by atoms with Crippen LogP contribution in [0.5, 0.6) is 11.5 Å². The van der Waals surface area contributed by atoms with Crippen LogP contribution in [-0.2, 0) is 25.9 Å². The molecule has 0 N–H and O–H groups in total. The number of hydrogen-bond donors (Lipinski definition) is 0. The molecule has 3 atom stereocenters. The minimum absolute atomic E-state index is 0.0857. The van der Waals surface area contributed by atoms with Crippen LogP contribution in [0.3, 0.4) is 0 Å². The van der Waals surface area contributed by atoms with Crippen molar-refractivity contribution in [1.29, 1.82) is 0 Å². The van der Waals surface area contributed by atoms with Gasteiger partial charge in [0.15, 0.2) is 26.5 Å². The van der Waals surface area contributed by atoms with Gasteiger partial charge in [-0.25, -0.2) is 8.42 Å². The molecule has 0 radical (unpaired) electrons. The first kappa shape index (κ1) is 18.3. The zero-order chi connectivity index (χ0) is 19.3.